The Morgan fingerprint density at radius 1 is 1.37 bits per heavy atom. The summed E-state index contributed by atoms with van der Waals surface area (Å²) < 4.78 is 0. The van der Waals surface area contributed by atoms with E-state index in [1.807, 2.05) is 33.2 Å². The van der Waals surface area contributed by atoms with Crippen LogP contribution in [0.1, 0.15) is 29.8 Å². The van der Waals surface area contributed by atoms with E-state index < -0.39 is 0 Å². The molecule has 4 heteroatoms. The van der Waals surface area contributed by atoms with E-state index in [9.17, 15) is 4.79 Å². The Balaban J connectivity index is 2.68. The smallest absolute Gasteiger partial charge is 0.251 e. The van der Waals surface area contributed by atoms with Crippen LogP contribution < -0.4 is 11.1 Å². The van der Waals surface area contributed by atoms with Crippen molar-refractivity contribution in [3.05, 3.63) is 29.3 Å². The Kier molecular flexibility index (Phi) is 4.95. The van der Waals surface area contributed by atoms with E-state index in [0.717, 1.165) is 12.1 Å². The molecule has 1 aromatic rings. The van der Waals surface area contributed by atoms with Crippen LogP contribution >= 0.6 is 0 Å². The zero-order valence-corrected chi connectivity index (χ0v) is 12.6. The lowest BCUT2D eigenvalue weighted by Crippen LogP contribution is -2.40. The lowest BCUT2D eigenvalue weighted by Gasteiger charge is -2.28. The third-order valence-electron chi connectivity index (χ3n) is 2.98. The predicted octanol–water partition coefficient (Wildman–Crippen LogP) is 1.89. The van der Waals surface area contributed by atoms with E-state index in [-0.39, 0.29) is 11.3 Å². The average Bonchev–Trinajstić information content (AvgIpc) is 2.27. The Labute approximate surface area is 116 Å². The summed E-state index contributed by atoms with van der Waals surface area (Å²) in [7, 11) is 4.07. The normalized spacial score (nSPS) is 11.7. The number of carbonyl (C=O) groups excluding carboxylic acids is 1. The number of anilines is 1. The molecule has 106 valence electrons. The SMILES string of the molecule is Cc1ccc(N)cc1C(=O)NCC(C)(C)CN(C)C. The fourth-order valence-electron chi connectivity index (χ4n) is 2.21. The molecule has 0 bridgehead atoms. The predicted molar refractivity (Wildman–Crippen MR) is 80.3 cm³/mol. The quantitative estimate of drug-likeness (QED) is 0.798. The number of nitrogens with two attached hydrogens (primary N) is 1. The van der Waals surface area contributed by atoms with Crippen LogP contribution in [0.15, 0.2) is 18.2 Å². The summed E-state index contributed by atoms with van der Waals surface area (Å²) in [6.07, 6.45) is 0. The molecule has 0 spiro atoms. The first-order chi connectivity index (χ1) is 8.71. The van der Waals surface area contributed by atoms with Crippen LogP contribution in [0.25, 0.3) is 0 Å². The first-order valence-corrected chi connectivity index (χ1v) is 6.50. The van der Waals surface area contributed by atoms with Crippen molar-refractivity contribution in [3.63, 3.8) is 0 Å². The molecule has 4 nitrogen and oxygen atoms in total. The van der Waals surface area contributed by atoms with Gasteiger partial charge in [0.1, 0.15) is 0 Å². The van der Waals surface area contributed by atoms with Crippen molar-refractivity contribution in [1.29, 1.82) is 0 Å². The highest BCUT2D eigenvalue weighted by Gasteiger charge is 2.20. The van der Waals surface area contributed by atoms with Gasteiger partial charge in [0.05, 0.1) is 0 Å². The van der Waals surface area contributed by atoms with Gasteiger partial charge < -0.3 is 16.0 Å². The molecule has 0 saturated carbocycles. The molecular weight excluding hydrogens is 238 g/mol. The van der Waals surface area contributed by atoms with Crippen molar-refractivity contribution >= 4 is 11.6 Å². The Hall–Kier alpha value is -1.55. The highest BCUT2D eigenvalue weighted by molar-refractivity contribution is 5.96. The number of amides is 1. The molecule has 0 fully saturated rings. The second-order valence-electron chi connectivity index (χ2n) is 6.16. The highest BCUT2D eigenvalue weighted by Crippen LogP contribution is 2.16. The lowest BCUT2D eigenvalue weighted by atomic mass is 9.92. The number of hydrogen-bond acceptors (Lipinski definition) is 3. The third-order valence-corrected chi connectivity index (χ3v) is 2.98. The molecule has 1 aromatic carbocycles. The van der Waals surface area contributed by atoms with E-state index in [1.165, 1.54) is 0 Å². The lowest BCUT2D eigenvalue weighted by molar-refractivity contribution is 0.0928. The molecule has 0 heterocycles. The minimum Gasteiger partial charge on any atom is -0.399 e. The van der Waals surface area contributed by atoms with Crippen LogP contribution in [0.3, 0.4) is 0 Å². The van der Waals surface area contributed by atoms with Gasteiger partial charge in [0.25, 0.3) is 5.91 Å². The van der Waals surface area contributed by atoms with E-state index in [1.54, 1.807) is 6.07 Å². The first kappa shape index (κ1) is 15.5. The number of benzene rings is 1. The van der Waals surface area contributed by atoms with Gasteiger partial charge in [-0.15, -0.1) is 0 Å². The average molecular weight is 263 g/mol. The van der Waals surface area contributed by atoms with Gasteiger partial charge in [0, 0.05) is 24.3 Å². The molecule has 0 aromatic heterocycles. The number of nitrogen functional groups attached to an aromatic ring is 1. The second kappa shape index (κ2) is 6.06. The summed E-state index contributed by atoms with van der Waals surface area (Å²) in [6.45, 7) is 7.75. The zero-order chi connectivity index (χ0) is 14.6. The van der Waals surface area contributed by atoms with Gasteiger partial charge in [-0.05, 0) is 44.1 Å². The number of rotatable bonds is 5. The van der Waals surface area contributed by atoms with Crippen LogP contribution in [0, 0.1) is 12.3 Å². The summed E-state index contributed by atoms with van der Waals surface area (Å²) in [4.78, 5) is 14.3. The van der Waals surface area contributed by atoms with Crippen molar-refractivity contribution in [2.75, 3.05) is 32.9 Å². The van der Waals surface area contributed by atoms with Gasteiger partial charge >= 0.3 is 0 Å². The number of hydrogen-bond donors (Lipinski definition) is 2. The summed E-state index contributed by atoms with van der Waals surface area (Å²) in [5.41, 5.74) is 7.97. The minimum absolute atomic E-state index is 0.0351. The van der Waals surface area contributed by atoms with Crippen molar-refractivity contribution in [2.45, 2.75) is 20.8 Å². The summed E-state index contributed by atoms with van der Waals surface area (Å²) in [5, 5.41) is 2.99. The van der Waals surface area contributed by atoms with Crippen molar-refractivity contribution in [2.24, 2.45) is 5.41 Å². The molecule has 0 aliphatic rings. The maximum Gasteiger partial charge on any atom is 0.251 e. The number of aryl methyl sites for hydroxylation is 1. The summed E-state index contributed by atoms with van der Waals surface area (Å²) in [5.74, 6) is -0.0587. The zero-order valence-electron chi connectivity index (χ0n) is 12.6. The van der Waals surface area contributed by atoms with Gasteiger partial charge in [0.15, 0.2) is 0 Å². The largest absolute Gasteiger partial charge is 0.399 e. The van der Waals surface area contributed by atoms with Crippen molar-refractivity contribution in [3.8, 4) is 0 Å². The van der Waals surface area contributed by atoms with Crippen molar-refractivity contribution in [1.82, 2.24) is 10.2 Å². The number of nitrogens with zero attached hydrogens (tertiary/aromatic N) is 1. The molecule has 19 heavy (non-hydrogen) atoms. The van der Waals surface area contributed by atoms with Crippen LogP contribution in [-0.2, 0) is 0 Å². The second-order valence-corrected chi connectivity index (χ2v) is 6.16. The third kappa shape index (κ3) is 4.91. The molecule has 0 saturated heterocycles. The Morgan fingerprint density at radius 2 is 2.00 bits per heavy atom. The summed E-state index contributed by atoms with van der Waals surface area (Å²) in [6, 6.07) is 5.40. The fraction of sp³-hybridized carbons (Fsp3) is 0.533. The van der Waals surface area contributed by atoms with Gasteiger partial charge in [0.2, 0.25) is 0 Å². The van der Waals surface area contributed by atoms with E-state index >= 15 is 0 Å². The maximum atomic E-state index is 12.2. The van der Waals surface area contributed by atoms with E-state index in [2.05, 4.69) is 24.1 Å². The molecule has 0 atom stereocenters. The molecule has 0 aliphatic carbocycles. The fourth-order valence-corrected chi connectivity index (χ4v) is 2.21. The number of carbonyl (C=O) groups is 1. The standard InChI is InChI=1S/C15H25N3O/c1-11-6-7-12(16)8-13(11)14(19)17-9-15(2,3)10-18(4)5/h6-8H,9-10,16H2,1-5H3,(H,17,19). The highest BCUT2D eigenvalue weighted by atomic mass is 16.1. The Morgan fingerprint density at radius 3 is 2.58 bits per heavy atom. The van der Waals surface area contributed by atoms with Gasteiger partial charge in [-0.25, -0.2) is 0 Å². The van der Waals surface area contributed by atoms with E-state index in [4.69, 9.17) is 5.73 Å². The molecular formula is C15H25N3O. The van der Waals surface area contributed by atoms with Crippen LogP contribution in [0.5, 0.6) is 0 Å². The monoisotopic (exact) mass is 263 g/mol. The van der Waals surface area contributed by atoms with Crippen LogP contribution in [0.4, 0.5) is 5.69 Å². The topological polar surface area (TPSA) is 58.4 Å². The van der Waals surface area contributed by atoms with Crippen LogP contribution in [-0.4, -0.2) is 38.0 Å². The van der Waals surface area contributed by atoms with Gasteiger partial charge in [-0.2, -0.15) is 0 Å². The molecule has 1 rings (SSSR count). The molecule has 0 unspecified atom stereocenters. The van der Waals surface area contributed by atoms with Gasteiger partial charge in [-0.3, -0.25) is 4.79 Å². The maximum absolute atomic E-state index is 12.2. The minimum atomic E-state index is -0.0587. The number of nitrogens with one attached hydrogen (secondary N) is 1. The molecule has 1 amide bonds. The van der Waals surface area contributed by atoms with E-state index in [0.29, 0.717) is 17.8 Å². The summed E-state index contributed by atoms with van der Waals surface area (Å²) >= 11 is 0. The molecule has 0 radical (unpaired) electrons. The molecule has 0 aliphatic heterocycles. The Bertz CT molecular complexity index is 453. The molecule has 3 N–H and O–H groups in total. The first-order valence-electron chi connectivity index (χ1n) is 6.50. The van der Waals surface area contributed by atoms with Gasteiger partial charge in [-0.1, -0.05) is 19.9 Å². The van der Waals surface area contributed by atoms with Crippen LogP contribution in [0.2, 0.25) is 0 Å². The van der Waals surface area contributed by atoms with Crippen molar-refractivity contribution < 1.29 is 4.79 Å².